The summed E-state index contributed by atoms with van der Waals surface area (Å²) in [6, 6.07) is -0.318. The molecule has 0 aromatic carbocycles. The van der Waals surface area contributed by atoms with Gasteiger partial charge in [-0.2, -0.15) is 11.8 Å². The van der Waals surface area contributed by atoms with Crippen LogP contribution in [0.4, 0.5) is 0 Å². The van der Waals surface area contributed by atoms with Crippen molar-refractivity contribution in [1.29, 1.82) is 0 Å². The molecule has 122 valence electrons. The third-order valence-electron chi connectivity index (χ3n) is 2.93. The van der Waals surface area contributed by atoms with E-state index in [2.05, 4.69) is 11.4 Å². The summed E-state index contributed by atoms with van der Waals surface area (Å²) in [7, 11) is -4.37. The number of hydrogen-bond donors (Lipinski definition) is 3. The van der Waals surface area contributed by atoms with Crippen LogP contribution in [0, 0.1) is 0 Å². The maximum Gasteiger partial charge on any atom is 0.469 e. The second-order valence-electron chi connectivity index (χ2n) is 5.10. The van der Waals surface area contributed by atoms with Gasteiger partial charge >= 0.3 is 7.82 Å². The van der Waals surface area contributed by atoms with Gasteiger partial charge in [-0.15, -0.1) is 0 Å². The molecule has 0 aromatic rings. The molecule has 4 N–H and O–H groups in total. The van der Waals surface area contributed by atoms with E-state index in [1.807, 2.05) is 0 Å². The van der Waals surface area contributed by atoms with Crippen LogP contribution < -0.4 is 5.73 Å². The summed E-state index contributed by atoms with van der Waals surface area (Å²) in [4.78, 5) is 17.1. The van der Waals surface area contributed by atoms with Crippen LogP contribution in [-0.4, -0.2) is 33.9 Å². The first-order valence-corrected chi connectivity index (χ1v) is 10.2. The van der Waals surface area contributed by atoms with E-state index < -0.39 is 7.82 Å². The quantitative estimate of drug-likeness (QED) is 0.335. The lowest BCUT2D eigenvalue weighted by Crippen LogP contribution is -2.28. The zero-order valence-electron chi connectivity index (χ0n) is 12.5. The largest absolute Gasteiger partial charge is 0.469 e. The Balaban J connectivity index is 3.21. The van der Waals surface area contributed by atoms with Gasteiger partial charge in [0.2, 0.25) is 0 Å². The maximum atomic E-state index is 10.5. The van der Waals surface area contributed by atoms with Crippen LogP contribution in [-0.2, 0) is 9.09 Å². The monoisotopic (exact) mass is 327 g/mol. The van der Waals surface area contributed by atoms with Gasteiger partial charge in [0.1, 0.15) is 0 Å². The Labute approximate surface area is 127 Å². The zero-order valence-corrected chi connectivity index (χ0v) is 14.2. The van der Waals surface area contributed by atoms with Gasteiger partial charge in [-0.25, -0.2) is 4.57 Å². The van der Waals surface area contributed by atoms with Crippen molar-refractivity contribution in [2.45, 2.75) is 64.3 Å². The number of unbranched alkanes of at least 4 members (excludes halogenated alkanes) is 7. The van der Waals surface area contributed by atoms with Crippen LogP contribution in [0.15, 0.2) is 0 Å². The van der Waals surface area contributed by atoms with Gasteiger partial charge < -0.3 is 15.5 Å². The molecule has 0 bridgehead atoms. The van der Waals surface area contributed by atoms with Crippen molar-refractivity contribution in [3.8, 4) is 0 Å². The number of phosphoric ester groups is 1. The normalized spacial score (nSPS) is 13.6. The van der Waals surface area contributed by atoms with Crippen LogP contribution in [0.5, 0.6) is 0 Å². The minimum atomic E-state index is -4.37. The fourth-order valence-electron chi connectivity index (χ4n) is 1.81. The zero-order chi connectivity index (χ0) is 15.3. The van der Waals surface area contributed by atoms with Crippen molar-refractivity contribution in [2.75, 3.05) is 18.1 Å². The summed E-state index contributed by atoms with van der Waals surface area (Å²) in [6.45, 7) is 2.14. The lowest BCUT2D eigenvalue weighted by Gasteiger charge is -2.12. The van der Waals surface area contributed by atoms with Gasteiger partial charge in [0.15, 0.2) is 0 Å². The molecule has 0 aliphatic carbocycles. The Hall–Kier alpha value is 0.420. The topological polar surface area (TPSA) is 92.8 Å². The molecular formula is C13H30NO4PS. The van der Waals surface area contributed by atoms with Gasteiger partial charge in [-0.1, -0.05) is 51.9 Å². The molecule has 20 heavy (non-hydrogen) atoms. The van der Waals surface area contributed by atoms with E-state index in [9.17, 15) is 4.57 Å². The highest BCUT2D eigenvalue weighted by Crippen LogP contribution is 2.35. The van der Waals surface area contributed by atoms with E-state index in [4.69, 9.17) is 15.5 Å². The van der Waals surface area contributed by atoms with Gasteiger partial charge in [0, 0.05) is 11.8 Å². The summed E-state index contributed by atoms with van der Waals surface area (Å²) >= 11 is 1.73. The van der Waals surface area contributed by atoms with Crippen LogP contribution in [0.3, 0.4) is 0 Å². The summed E-state index contributed by atoms with van der Waals surface area (Å²) in [5.74, 6) is 1.73. The number of phosphoric acid groups is 1. The minimum absolute atomic E-state index is 0.0886. The molecule has 0 fully saturated rings. The SMILES string of the molecule is CCCCCCCCCCSC[C@@H](N)COP(=O)(O)O. The van der Waals surface area contributed by atoms with E-state index in [1.165, 1.54) is 51.4 Å². The molecule has 0 heterocycles. The molecule has 5 nitrogen and oxygen atoms in total. The molecule has 0 saturated carbocycles. The summed E-state index contributed by atoms with van der Waals surface area (Å²) in [6.07, 6.45) is 10.4. The van der Waals surface area contributed by atoms with E-state index >= 15 is 0 Å². The van der Waals surface area contributed by atoms with Gasteiger partial charge in [0.05, 0.1) is 6.61 Å². The van der Waals surface area contributed by atoms with Crippen molar-refractivity contribution in [3.63, 3.8) is 0 Å². The fourth-order valence-corrected chi connectivity index (χ4v) is 3.17. The summed E-state index contributed by atoms with van der Waals surface area (Å²) in [5.41, 5.74) is 5.70. The molecule has 1 atom stereocenters. The number of thioether (sulfide) groups is 1. The first-order valence-electron chi connectivity index (χ1n) is 7.49. The Bertz CT molecular complexity index is 263. The maximum absolute atomic E-state index is 10.5. The van der Waals surface area contributed by atoms with Crippen molar-refractivity contribution >= 4 is 19.6 Å². The predicted molar refractivity (Wildman–Crippen MR) is 85.9 cm³/mol. The highest BCUT2D eigenvalue weighted by Gasteiger charge is 2.15. The number of nitrogens with two attached hydrogens (primary N) is 1. The molecule has 0 aromatic heterocycles. The molecule has 0 unspecified atom stereocenters. The summed E-state index contributed by atoms with van der Waals surface area (Å²) < 4.78 is 14.8. The van der Waals surface area contributed by atoms with Crippen LogP contribution >= 0.6 is 19.6 Å². The molecule has 0 saturated heterocycles. The Kier molecular flexibility index (Phi) is 13.4. The molecule has 7 heteroatoms. The van der Waals surface area contributed by atoms with Gasteiger partial charge in [-0.05, 0) is 12.2 Å². The van der Waals surface area contributed by atoms with Gasteiger partial charge in [-0.3, -0.25) is 4.52 Å². The first kappa shape index (κ1) is 20.4. The first-order chi connectivity index (χ1) is 9.45. The Morgan fingerprint density at radius 3 is 2.20 bits per heavy atom. The molecule has 0 radical (unpaired) electrons. The smallest absolute Gasteiger partial charge is 0.325 e. The van der Waals surface area contributed by atoms with E-state index in [1.54, 1.807) is 11.8 Å². The molecule has 0 spiro atoms. The molecule has 0 rings (SSSR count). The molecule has 0 amide bonds. The van der Waals surface area contributed by atoms with Crippen molar-refractivity contribution in [2.24, 2.45) is 5.73 Å². The summed E-state index contributed by atoms with van der Waals surface area (Å²) in [5, 5.41) is 0. The van der Waals surface area contributed by atoms with E-state index in [0.717, 1.165) is 5.75 Å². The van der Waals surface area contributed by atoms with Crippen molar-refractivity contribution < 1.29 is 18.9 Å². The van der Waals surface area contributed by atoms with E-state index in [-0.39, 0.29) is 12.6 Å². The van der Waals surface area contributed by atoms with Crippen LogP contribution in [0.25, 0.3) is 0 Å². The average Bonchev–Trinajstić information content (AvgIpc) is 2.38. The highest BCUT2D eigenvalue weighted by molar-refractivity contribution is 7.99. The Morgan fingerprint density at radius 2 is 1.65 bits per heavy atom. The third-order valence-corrected chi connectivity index (χ3v) is 4.66. The number of rotatable bonds is 14. The average molecular weight is 327 g/mol. The van der Waals surface area contributed by atoms with Crippen LogP contribution in [0.1, 0.15) is 58.3 Å². The molecule has 0 aliphatic rings. The second-order valence-corrected chi connectivity index (χ2v) is 7.49. The lowest BCUT2D eigenvalue weighted by atomic mass is 10.1. The Morgan fingerprint density at radius 1 is 1.10 bits per heavy atom. The molecule has 0 aliphatic heterocycles. The van der Waals surface area contributed by atoms with E-state index in [0.29, 0.717) is 5.75 Å². The van der Waals surface area contributed by atoms with Crippen molar-refractivity contribution in [1.82, 2.24) is 0 Å². The highest BCUT2D eigenvalue weighted by atomic mass is 32.2. The standard InChI is InChI=1S/C13H30NO4PS/c1-2-3-4-5-6-7-8-9-10-20-12-13(14)11-18-19(15,16)17/h13H,2-12,14H2,1H3,(H2,15,16,17)/t13-/m0/s1. The van der Waals surface area contributed by atoms with Crippen molar-refractivity contribution in [3.05, 3.63) is 0 Å². The van der Waals surface area contributed by atoms with Gasteiger partial charge in [0.25, 0.3) is 0 Å². The minimum Gasteiger partial charge on any atom is -0.325 e. The second kappa shape index (κ2) is 13.1. The number of hydrogen-bond acceptors (Lipinski definition) is 4. The third kappa shape index (κ3) is 16.5. The lowest BCUT2D eigenvalue weighted by molar-refractivity contribution is 0.190. The predicted octanol–water partition coefficient (Wildman–Crippen LogP) is 3.30. The van der Waals surface area contributed by atoms with Crippen LogP contribution in [0.2, 0.25) is 0 Å². The fraction of sp³-hybridized carbons (Fsp3) is 1.00. The molecular weight excluding hydrogens is 297 g/mol.